The zero-order valence-corrected chi connectivity index (χ0v) is 8.55. The van der Waals surface area contributed by atoms with Gasteiger partial charge in [-0.3, -0.25) is 0 Å². The van der Waals surface area contributed by atoms with Crippen molar-refractivity contribution in [3.05, 3.63) is 59.7 Å². The standard InChI is InChI=1S/C14H9NO/c15-9-12-10-5-1-3-7-13(10)16-14-8-4-2-6-11(12)14/h1-8,12H. The Kier molecular flexibility index (Phi) is 1.91. The fourth-order valence-corrected chi connectivity index (χ4v) is 2.05. The highest BCUT2D eigenvalue weighted by molar-refractivity contribution is 5.56. The van der Waals surface area contributed by atoms with Gasteiger partial charge in [0.2, 0.25) is 0 Å². The fourth-order valence-electron chi connectivity index (χ4n) is 2.05. The van der Waals surface area contributed by atoms with E-state index in [1.54, 1.807) is 0 Å². The zero-order valence-electron chi connectivity index (χ0n) is 8.55. The van der Waals surface area contributed by atoms with E-state index in [9.17, 15) is 5.26 Å². The largest absolute Gasteiger partial charge is 0.457 e. The Morgan fingerprint density at radius 2 is 1.38 bits per heavy atom. The number of hydrogen-bond acceptors (Lipinski definition) is 2. The second-order valence-electron chi connectivity index (χ2n) is 3.74. The molecule has 3 rings (SSSR count). The smallest absolute Gasteiger partial charge is 0.132 e. The van der Waals surface area contributed by atoms with Crippen LogP contribution < -0.4 is 4.74 Å². The molecule has 0 unspecified atom stereocenters. The summed E-state index contributed by atoms with van der Waals surface area (Å²) in [6.45, 7) is 0. The second kappa shape index (κ2) is 3.39. The average molecular weight is 207 g/mol. The highest BCUT2D eigenvalue weighted by Gasteiger charge is 2.26. The topological polar surface area (TPSA) is 33.0 Å². The van der Waals surface area contributed by atoms with Crippen molar-refractivity contribution in [3.8, 4) is 17.6 Å². The van der Waals surface area contributed by atoms with Crippen LogP contribution in [0.25, 0.3) is 0 Å². The Hall–Kier alpha value is -2.27. The maximum Gasteiger partial charge on any atom is 0.132 e. The van der Waals surface area contributed by atoms with E-state index in [-0.39, 0.29) is 5.92 Å². The van der Waals surface area contributed by atoms with Crippen LogP contribution in [0.1, 0.15) is 17.0 Å². The van der Waals surface area contributed by atoms with Crippen molar-refractivity contribution in [1.29, 1.82) is 5.26 Å². The van der Waals surface area contributed by atoms with Gasteiger partial charge in [0.15, 0.2) is 0 Å². The minimum absolute atomic E-state index is 0.221. The molecule has 0 bridgehead atoms. The number of ether oxygens (including phenoxy) is 1. The molecule has 0 amide bonds. The first-order valence-corrected chi connectivity index (χ1v) is 5.15. The van der Waals surface area contributed by atoms with Crippen molar-refractivity contribution < 1.29 is 4.74 Å². The van der Waals surface area contributed by atoms with Gasteiger partial charge in [0.25, 0.3) is 0 Å². The van der Waals surface area contributed by atoms with Crippen LogP contribution in [-0.4, -0.2) is 0 Å². The molecule has 2 nitrogen and oxygen atoms in total. The summed E-state index contributed by atoms with van der Waals surface area (Å²) in [6, 6.07) is 17.7. The van der Waals surface area contributed by atoms with Crippen LogP contribution in [0.4, 0.5) is 0 Å². The number of nitriles is 1. The van der Waals surface area contributed by atoms with Crippen molar-refractivity contribution in [3.63, 3.8) is 0 Å². The predicted octanol–water partition coefficient (Wildman–Crippen LogP) is 3.45. The molecule has 76 valence electrons. The van der Waals surface area contributed by atoms with Crippen molar-refractivity contribution in [2.45, 2.75) is 5.92 Å². The number of benzene rings is 2. The lowest BCUT2D eigenvalue weighted by Crippen LogP contribution is -2.08. The van der Waals surface area contributed by atoms with Gasteiger partial charge in [-0.25, -0.2) is 0 Å². The van der Waals surface area contributed by atoms with E-state index in [1.165, 1.54) is 0 Å². The first-order valence-electron chi connectivity index (χ1n) is 5.15. The Bertz CT molecular complexity index is 538. The van der Waals surface area contributed by atoms with Crippen molar-refractivity contribution >= 4 is 0 Å². The number of nitrogens with zero attached hydrogens (tertiary/aromatic N) is 1. The summed E-state index contributed by atoms with van der Waals surface area (Å²) in [5, 5.41) is 9.28. The SMILES string of the molecule is N#CC1c2ccccc2Oc2ccccc21. The number of rotatable bonds is 0. The van der Waals surface area contributed by atoms with E-state index in [1.807, 2.05) is 48.5 Å². The molecule has 0 N–H and O–H groups in total. The van der Waals surface area contributed by atoms with Gasteiger partial charge in [-0.2, -0.15) is 5.26 Å². The maximum atomic E-state index is 9.28. The molecular formula is C14H9NO. The van der Waals surface area contributed by atoms with E-state index in [0.717, 1.165) is 22.6 Å². The summed E-state index contributed by atoms with van der Waals surface area (Å²) >= 11 is 0. The minimum Gasteiger partial charge on any atom is -0.457 e. The van der Waals surface area contributed by atoms with Gasteiger partial charge in [0.05, 0.1) is 6.07 Å². The quantitative estimate of drug-likeness (QED) is 0.662. The summed E-state index contributed by atoms with van der Waals surface area (Å²) in [4.78, 5) is 0. The fraction of sp³-hybridized carbons (Fsp3) is 0.0714. The van der Waals surface area contributed by atoms with Crippen LogP contribution in [0.2, 0.25) is 0 Å². The van der Waals surface area contributed by atoms with E-state index in [2.05, 4.69) is 6.07 Å². The molecule has 0 spiro atoms. The molecular weight excluding hydrogens is 198 g/mol. The number of hydrogen-bond donors (Lipinski definition) is 0. The highest BCUT2D eigenvalue weighted by atomic mass is 16.5. The Labute approximate surface area is 93.7 Å². The molecule has 0 aliphatic carbocycles. The van der Waals surface area contributed by atoms with Crippen LogP contribution in [0, 0.1) is 11.3 Å². The van der Waals surface area contributed by atoms with E-state index in [0.29, 0.717) is 0 Å². The molecule has 0 radical (unpaired) electrons. The Balaban J connectivity index is 2.24. The first kappa shape index (κ1) is 8.99. The zero-order chi connectivity index (χ0) is 11.0. The van der Waals surface area contributed by atoms with Gasteiger partial charge in [-0.15, -0.1) is 0 Å². The monoisotopic (exact) mass is 207 g/mol. The molecule has 1 aliphatic heterocycles. The van der Waals surface area contributed by atoms with Gasteiger partial charge < -0.3 is 4.74 Å². The molecule has 16 heavy (non-hydrogen) atoms. The summed E-state index contributed by atoms with van der Waals surface area (Å²) in [7, 11) is 0. The maximum absolute atomic E-state index is 9.28. The molecule has 0 fully saturated rings. The first-order chi connectivity index (χ1) is 7.90. The van der Waals surface area contributed by atoms with Gasteiger partial charge in [0, 0.05) is 11.1 Å². The number of para-hydroxylation sites is 2. The lowest BCUT2D eigenvalue weighted by Gasteiger charge is -2.23. The van der Waals surface area contributed by atoms with Crippen LogP contribution >= 0.6 is 0 Å². The lowest BCUT2D eigenvalue weighted by molar-refractivity contribution is 0.455. The summed E-state index contributed by atoms with van der Waals surface area (Å²) < 4.78 is 5.76. The van der Waals surface area contributed by atoms with Crippen LogP contribution in [0.5, 0.6) is 11.5 Å². The van der Waals surface area contributed by atoms with Crippen molar-refractivity contribution in [2.75, 3.05) is 0 Å². The van der Waals surface area contributed by atoms with Crippen LogP contribution in [-0.2, 0) is 0 Å². The molecule has 2 aromatic rings. The van der Waals surface area contributed by atoms with Crippen LogP contribution in [0.15, 0.2) is 48.5 Å². The van der Waals surface area contributed by atoms with E-state index < -0.39 is 0 Å². The molecule has 0 saturated carbocycles. The Morgan fingerprint density at radius 3 is 1.88 bits per heavy atom. The third-order valence-corrected chi connectivity index (χ3v) is 2.81. The molecule has 0 saturated heterocycles. The van der Waals surface area contributed by atoms with Gasteiger partial charge >= 0.3 is 0 Å². The predicted molar refractivity (Wildman–Crippen MR) is 60.4 cm³/mol. The molecule has 0 aromatic heterocycles. The van der Waals surface area contributed by atoms with Gasteiger partial charge in [-0.05, 0) is 12.1 Å². The molecule has 2 heteroatoms. The molecule has 2 aromatic carbocycles. The summed E-state index contributed by atoms with van der Waals surface area (Å²) in [6.07, 6.45) is 0. The molecule has 0 atom stereocenters. The molecule has 1 aliphatic rings. The molecule has 1 heterocycles. The van der Waals surface area contributed by atoms with Crippen LogP contribution in [0.3, 0.4) is 0 Å². The van der Waals surface area contributed by atoms with Crippen molar-refractivity contribution in [1.82, 2.24) is 0 Å². The average Bonchev–Trinajstić information content (AvgIpc) is 2.36. The summed E-state index contributed by atoms with van der Waals surface area (Å²) in [5.74, 6) is 1.35. The van der Waals surface area contributed by atoms with Gasteiger partial charge in [0.1, 0.15) is 17.4 Å². The Morgan fingerprint density at radius 1 is 0.875 bits per heavy atom. The van der Waals surface area contributed by atoms with Crippen molar-refractivity contribution in [2.24, 2.45) is 0 Å². The second-order valence-corrected chi connectivity index (χ2v) is 3.74. The third kappa shape index (κ3) is 1.19. The highest BCUT2D eigenvalue weighted by Crippen LogP contribution is 2.43. The normalized spacial score (nSPS) is 13.2. The van der Waals surface area contributed by atoms with E-state index in [4.69, 9.17) is 4.74 Å². The minimum atomic E-state index is -0.221. The number of fused-ring (bicyclic) bond motifs is 2. The lowest BCUT2D eigenvalue weighted by atomic mass is 9.89. The van der Waals surface area contributed by atoms with Gasteiger partial charge in [-0.1, -0.05) is 36.4 Å². The summed E-state index contributed by atoms with van der Waals surface area (Å²) in [5.41, 5.74) is 1.90. The van der Waals surface area contributed by atoms with E-state index >= 15 is 0 Å². The third-order valence-electron chi connectivity index (χ3n) is 2.81.